The Bertz CT molecular complexity index is 785. The van der Waals surface area contributed by atoms with E-state index in [0.29, 0.717) is 30.4 Å². The Morgan fingerprint density at radius 3 is 2.50 bits per heavy atom. The molecule has 1 N–H and O–H groups in total. The van der Waals surface area contributed by atoms with Gasteiger partial charge in [0.1, 0.15) is 0 Å². The highest BCUT2D eigenvalue weighted by Crippen LogP contribution is 2.29. The number of hydrogen-bond donors (Lipinski definition) is 1. The third-order valence-electron chi connectivity index (χ3n) is 3.46. The fourth-order valence-electron chi connectivity index (χ4n) is 2.06. The molecule has 0 saturated carbocycles. The van der Waals surface area contributed by atoms with Crippen LogP contribution in [-0.4, -0.2) is 34.2 Å². The summed E-state index contributed by atoms with van der Waals surface area (Å²) in [6.45, 7) is 4.46. The minimum Gasteiger partial charge on any atom is -0.493 e. The number of nitrogens with one attached hydrogen (secondary N) is 1. The van der Waals surface area contributed by atoms with Gasteiger partial charge in [0, 0.05) is 24.4 Å². The van der Waals surface area contributed by atoms with Gasteiger partial charge in [0.2, 0.25) is 10.0 Å². The molecule has 6 nitrogen and oxygen atoms in total. The summed E-state index contributed by atoms with van der Waals surface area (Å²) in [5, 5.41) is 2.94. The number of sulfonamides is 1. The van der Waals surface area contributed by atoms with E-state index in [0.717, 1.165) is 10.7 Å². The van der Waals surface area contributed by atoms with E-state index in [1.807, 2.05) is 5.38 Å². The molecule has 1 aromatic heterocycles. The molecular formula is C16H22N2O4S2. The third-order valence-corrected chi connectivity index (χ3v) is 5.84. The Balaban J connectivity index is 2.02. The molecule has 0 amide bonds. The van der Waals surface area contributed by atoms with Crippen molar-refractivity contribution in [2.75, 3.05) is 20.8 Å². The lowest BCUT2D eigenvalue weighted by Crippen LogP contribution is -2.26. The number of benzene rings is 1. The number of nitrogens with zero attached hydrogens (tertiary/aromatic N) is 1. The van der Waals surface area contributed by atoms with Gasteiger partial charge in [0.25, 0.3) is 0 Å². The van der Waals surface area contributed by atoms with Gasteiger partial charge in [-0.15, -0.1) is 11.3 Å². The number of methoxy groups -OCH3 is 2. The van der Waals surface area contributed by atoms with Crippen LogP contribution in [-0.2, 0) is 16.4 Å². The van der Waals surface area contributed by atoms with Crippen molar-refractivity contribution >= 4 is 21.4 Å². The van der Waals surface area contributed by atoms with E-state index in [1.165, 1.54) is 26.4 Å². The van der Waals surface area contributed by atoms with Gasteiger partial charge in [-0.2, -0.15) is 0 Å². The van der Waals surface area contributed by atoms with E-state index in [1.54, 1.807) is 17.4 Å². The van der Waals surface area contributed by atoms with Crippen LogP contribution in [0.1, 0.15) is 30.5 Å². The van der Waals surface area contributed by atoms with E-state index in [4.69, 9.17) is 9.47 Å². The van der Waals surface area contributed by atoms with Crippen molar-refractivity contribution in [1.82, 2.24) is 9.71 Å². The van der Waals surface area contributed by atoms with Crippen LogP contribution < -0.4 is 14.2 Å². The summed E-state index contributed by atoms with van der Waals surface area (Å²) in [5.74, 6) is 1.24. The lowest BCUT2D eigenvalue weighted by Gasteiger charge is -2.10. The average molecular weight is 370 g/mol. The van der Waals surface area contributed by atoms with Gasteiger partial charge in [-0.3, -0.25) is 0 Å². The lowest BCUT2D eigenvalue weighted by molar-refractivity contribution is 0.354. The molecule has 132 valence electrons. The fraction of sp³-hybridized carbons (Fsp3) is 0.438. The molecule has 0 aliphatic rings. The highest BCUT2D eigenvalue weighted by molar-refractivity contribution is 7.89. The molecule has 0 atom stereocenters. The van der Waals surface area contributed by atoms with Crippen molar-refractivity contribution in [1.29, 1.82) is 0 Å². The summed E-state index contributed by atoms with van der Waals surface area (Å²) < 4.78 is 37.6. The molecule has 1 aromatic carbocycles. The summed E-state index contributed by atoms with van der Waals surface area (Å²) in [6, 6.07) is 4.51. The first-order chi connectivity index (χ1) is 11.4. The van der Waals surface area contributed by atoms with Crippen molar-refractivity contribution in [3.63, 3.8) is 0 Å². The van der Waals surface area contributed by atoms with Crippen LogP contribution >= 0.6 is 11.3 Å². The van der Waals surface area contributed by atoms with Crippen LogP contribution in [0, 0.1) is 0 Å². The molecule has 0 saturated heterocycles. The maximum Gasteiger partial charge on any atom is 0.240 e. The second-order valence-electron chi connectivity index (χ2n) is 5.49. The maximum atomic E-state index is 12.4. The van der Waals surface area contributed by atoms with Gasteiger partial charge >= 0.3 is 0 Å². The number of hydrogen-bond acceptors (Lipinski definition) is 6. The third kappa shape index (κ3) is 4.46. The smallest absolute Gasteiger partial charge is 0.240 e. The predicted octanol–water partition coefficient (Wildman–Crippen LogP) is 2.80. The van der Waals surface area contributed by atoms with Crippen molar-refractivity contribution in [2.45, 2.75) is 31.1 Å². The van der Waals surface area contributed by atoms with E-state index in [2.05, 4.69) is 23.6 Å². The van der Waals surface area contributed by atoms with Gasteiger partial charge in [0.15, 0.2) is 11.5 Å². The summed E-state index contributed by atoms with van der Waals surface area (Å²) >= 11 is 1.55. The molecule has 0 aliphatic heterocycles. The molecule has 0 unspecified atom stereocenters. The van der Waals surface area contributed by atoms with Gasteiger partial charge in [0.05, 0.1) is 29.8 Å². The van der Waals surface area contributed by atoms with Crippen molar-refractivity contribution < 1.29 is 17.9 Å². The quantitative estimate of drug-likeness (QED) is 0.773. The van der Waals surface area contributed by atoms with Crippen LogP contribution in [0.15, 0.2) is 28.5 Å². The zero-order valence-corrected chi connectivity index (χ0v) is 15.8. The molecule has 1 heterocycles. The molecular weight excluding hydrogens is 348 g/mol. The highest BCUT2D eigenvalue weighted by Gasteiger charge is 2.17. The predicted molar refractivity (Wildman–Crippen MR) is 94.6 cm³/mol. The van der Waals surface area contributed by atoms with E-state index < -0.39 is 10.0 Å². The summed E-state index contributed by atoms with van der Waals surface area (Å²) in [7, 11) is -0.634. The molecule has 0 bridgehead atoms. The van der Waals surface area contributed by atoms with Crippen LogP contribution in [0.4, 0.5) is 0 Å². The lowest BCUT2D eigenvalue weighted by atomic mass is 10.2. The van der Waals surface area contributed by atoms with Crippen LogP contribution in [0.3, 0.4) is 0 Å². The van der Waals surface area contributed by atoms with Crippen molar-refractivity contribution in [3.05, 3.63) is 34.3 Å². The number of aromatic nitrogens is 1. The molecule has 0 radical (unpaired) electrons. The van der Waals surface area contributed by atoms with Crippen molar-refractivity contribution in [3.8, 4) is 11.5 Å². The molecule has 2 aromatic rings. The average Bonchev–Trinajstić information content (AvgIpc) is 3.03. The number of ether oxygens (including phenoxy) is 2. The summed E-state index contributed by atoms with van der Waals surface area (Å²) in [5.41, 5.74) is 1.04. The first-order valence-corrected chi connectivity index (χ1v) is 9.89. The number of thiazole rings is 1. The summed E-state index contributed by atoms with van der Waals surface area (Å²) in [6.07, 6.45) is 0.559. The maximum absolute atomic E-state index is 12.4. The van der Waals surface area contributed by atoms with Gasteiger partial charge in [-0.25, -0.2) is 18.1 Å². The highest BCUT2D eigenvalue weighted by atomic mass is 32.2. The van der Waals surface area contributed by atoms with Gasteiger partial charge in [-0.05, 0) is 18.1 Å². The number of rotatable bonds is 8. The Hall–Kier alpha value is -1.64. The van der Waals surface area contributed by atoms with E-state index in [9.17, 15) is 8.42 Å². The molecule has 2 rings (SSSR count). The molecule has 0 fully saturated rings. The topological polar surface area (TPSA) is 77.5 Å². The Morgan fingerprint density at radius 1 is 1.21 bits per heavy atom. The second kappa shape index (κ2) is 7.96. The first kappa shape index (κ1) is 18.7. The zero-order chi connectivity index (χ0) is 17.7. The van der Waals surface area contributed by atoms with E-state index in [-0.39, 0.29) is 4.90 Å². The fourth-order valence-corrected chi connectivity index (χ4v) is 4.07. The second-order valence-corrected chi connectivity index (χ2v) is 8.19. The van der Waals surface area contributed by atoms with Crippen LogP contribution in [0.5, 0.6) is 11.5 Å². The first-order valence-electron chi connectivity index (χ1n) is 7.53. The molecule has 24 heavy (non-hydrogen) atoms. The van der Waals surface area contributed by atoms with Crippen molar-refractivity contribution in [2.24, 2.45) is 0 Å². The van der Waals surface area contributed by atoms with Gasteiger partial charge in [-0.1, -0.05) is 13.8 Å². The molecule has 0 aliphatic carbocycles. The molecule has 8 heteroatoms. The Labute approximate surface area is 146 Å². The normalized spacial score (nSPS) is 11.7. The SMILES string of the molecule is COc1ccc(S(=O)(=O)NCCc2nc(C(C)C)cs2)cc1OC. The Morgan fingerprint density at radius 2 is 1.92 bits per heavy atom. The standard InChI is InChI=1S/C16H22N2O4S2/c1-11(2)13-10-23-16(18-13)7-8-17-24(19,20)12-5-6-14(21-3)15(9-12)22-4/h5-6,9-11,17H,7-8H2,1-4H3. The van der Waals surface area contributed by atoms with Gasteiger partial charge < -0.3 is 9.47 Å². The Kier molecular flexibility index (Phi) is 6.20. The largest absolute Gasteiger partial charge is 0.493 e. The van der Waals surface area contributed by atoms with E-state index >= 15 is 0 Å². The van der Waals surface area contributed by atoms with Crippen LogP contribution in [0.2, 0.25) is 0 Å². The zero-order valence-electron chi connectivity index (χ0n) is 14.2. The summed E-state index contributed by atoms with van der Waals surface area (Å²) in [4.78, 5) is 4.64. The molecule has 0 spiro atoms. The monoisotopic (exact) mass is 370 g/mol. The minimum absolute atomic E-state index is 0.141. The van der Waals surface area contributed by atoms with Crippen LogP contribution in [0.25, 0.3) is 0 Å². The minimum atomic E-state index is -3.61.